The van der Waals surface area contributed by atoms with E-state index in [-0.39, 0.29) is 11.3 Å². The van der Waals surface area contributed by atoms with Crippen LogP contribution in [0.1, 0.15) is 43.9 Å². The molecule has 0 saturated carbocycles. The van der Waals surface area contributed by atoms with Crippen LogP contribution in [-0.2, 0) is 11.0 Å². The van der Waals surface area contributed by atoms with E-state index in [2.05, 4.69) is 22.9 Å². The third kappa shape index (κ3) is 5.60. The topological polar surface area (TPSA) is 79.5 Å². The molecule has 0 aromatic heterocycles. The minimum atomic E-state index is -4.53. The molecular weight excluding hydrogens is 423 g/mol. The van der Waals surface area contributed by atoms with E-state index in [0.717, 1.165) is 25.0 Å². The van der Waals surface area contributed by atoms with Gasteiger partial charge in [-0.05, 0) is 49.2 Å². The number of amides is 3. The van der Waals surface area contributed by atoms with Gasteiger partial charge in [-0.25, -0.2) is 4.79 Å². The average molecular weight is 447 g/mol. The van der Waals surface area contributed by atoms with Crippen LogP contribution < -0.4 is 20.7 Å². The zero-order valence-corrected chi connectivity index (χ0v) is 17.7. The Labute approximate surface area is 183 Å². The molecule has 0 fully saturated rings. The summed E-state index contributed by atoms with van der Waals surface area (Å²) in [6, 6.07) is 10.1. The van der Waals surface area contributed by atoms with Gasteiger partial charge in [-0.1, -0.05) is 31.5 Å². The minimum Gasteiger partial charge on any atom is -0.494 e. The summed E-state index contributed by atoms with van der Waals surface area (Å²) in [4.78, 5) is 25.0. The van der Waals surface area contributed by atoms with Crippen LogP contribution in [0.2, 0.25) is 0 Å². The molecule has 6 nitrogen and oxygen atoms in total. The Morgan fingerprint density at radius 3 is 2.53 bits per heavy atom. The van der Waals surface area contributed by atoms with Gasteiger partial charge < -0.3 is 20.7 Å². The molecule has 0 spiro atoms. The SMILES string of the molecule is CCCCOc1ccc([C@@H]2NC(=O)NC(C)=C2C(=O)Nc2cccc(C(F)(F)F)c2)cc1. The van der Waals surface area contributed by atoms with Crippen molar-refractivity contribution in [1.82, 2.24) is 10.6 Å². The van der Waals surface area contributed by atoms with E-state index < -0.39 is 29.7 Å². The van der Waals surface area contributed by atoms with Crippen molar-refractivity contribution in [3.8, 4) is 5.75 Å². The van der Waals surface area contributed by atoms with Gasteiger partial charge in [0.15, 0.2) is 0 Å². The molecule has 1 atom stereocenters. The molecule has 9 heteroatoms. The normalized spacial score (nSPS) is 16.3. The van der Waals surface area contributed by atoms with E-state index in [9.17, 15) is 22.8 Å². The average Bonchev–Trinajstić information content (AvgIpc) is 2.73. The molecule has 2 aromatic rings. The van der Waals surface area contributed by atoms with Crippen molar-refractivity contribution in [2.45, 2.75) is 38.9 Å². The number of carbonyl (C=O) groups excluding carboxylic acids is 2. The largest absolute Gasteiger partial charge is 0.494 e. The van der Waals surface area contributed by atoms with Crippen molar-refractivity contribution < 1.29 is 27.5 Å². The molecule has 1 aliphatic heterocycles. The molecule has 0 unspecified atom stereocenters. The quantitative estimate of drug-likeness (QED) is 0.514. The number of nitrogens with one attached hydrogen (secondary N) is 3. The van der Waals surface area contributed by atoms with Gasteiger partial charge in [0.05, 0.1) is 23.8 Å². The summed E-state index contributed by atoms with van der Waals surface area (Å²) in [7, 11) is 0. The zero-order valence-electron chi connectivity index (χ0n) is 17.7. The maximum atomic E-state index is 13.0. The van der Waals surface area contributed by atoms with E-state index in [1.54, 1.807) is 31.2 Å². The Bertz CT molecular complexity index is 1020. The number of hydrogen-bond donors (Lipinski definition) is 3. The van der Waals surface area contributed by atoms with Crippen LogP contribution in [0.25, 0.3) is 0 Å². The lowest BCUT2D eigenvalue weighted by Gasteiger charge is -2.28. The van der Waals surface area contributed by atoms with Crippen LogP contribution in [0.5, 0.6) is 5.75 Å². The van der Waals surface area contributed by atoms with Gasteiger partial charge in [0.25, 0.3) is 5.91 Å². The Morgan fingerprint density at radius 1 is 1.16 bits per heavy atom. The lowest BCUT2D eigenvalue weighted by molar-refractivity contribution is -0.137. The third-order valence-corrected chi connectivity index (χ3v) is 4.94. The predicted molar refractivity (Wildman–Crippen MR) is 114 cm³/mol. The summed E-state index contributed by atoms with van der Waals surface area (Å²) >= 11 is 0. The Hall–Kier alpha value is -3.49. The molecule has 2 aromatic carbocycles. The van der Waals surface area contributed by atoms with Gasteiger partial charge in [-0.15, -0.1) is 0 Å². The van der Waals surface area contributed by atoms with E-state index in [1.165, 1.54) is 12.1 Å². The Kier molecular flexibility index (Phi) is 7.07. The number of urea groups is 1. The summed E-state index contributed by atoms with van der Waals surface area (Å²) < 4.78 is 44.6. The summed E-state index contributed by atoms with van der Waals surface area (Å²) in [5, 5.41) is 7.74. The number of alkyl halides is 3. The van der Waals surface area contributed by atoms with Crippen LogP contribution in [0, 0.1) is 0 Å². The molecule has 0 saturated heterocycles. The molecule has 3 rings (SSSR count). The highest BCUT2D eigenvalue weighted by molar-refractivity contribution is 6.06. The number of allylic oxidation sites excluding steroid dienone is 1. The first-order valence-corrected chi connectivity index (χ1v) is 10.2. The van der Waals surface area contributed by atoms with Crippen molar-refractivity contribution in [1.29, 1.82) is 0 Å². The summed E-state index contributed by atoms with van der Waals surface area (Å²) in [5.74, 6) is 0.0423. The zero-order chi connectivity index (χ0) is 23.3. The minimum absolute atomic E-state index is 0.000414. The molecule has 0 aliphatic carbocycles. The number of ether oxygens (including phenoxy) is 1. The van der Waals surface area contributed by atoms with Gasteiger partial charge in [0, 0.05) is 11.4 Å². The monoisotopic (exact) mass is 447 g/mol. The fourth-order valence-corrected chi connectivity index (χ4v) is 3.31. The second-order valence-electron chi connectivity index (χ2n) is 7.37. The smallest absolute Gasteiger partial charge is 0.416 e. The molecule has 1 aliphatic rings. The Balaban J connectivity index is 1.84. The van der Waals surface area contributed by atoms with Crippen molar-refractivity contribution in [3.05, 3.63) is 70.9 Å². The van der Waals surface area contributed by atoms with Gasteiger partial charge in [0.1, 0.15) is 5.75 Å². The summed E-state index contributed by atoms with van der Waals surface area (Å²) in [5.41, 5.74) is 0.274. The fourth-order valence-electron chi connectivity index (χ4n) is 3.31. The molecule has 1 heterocycles. The molecule has 3 N–H and O–H groups in total. The maximum absolute atomic E-state index is 13.0. The maximum Gasteiger partial charge on any atom is 0.416 e. The van der Waals surface area contributed by atoms with E-state index in [1.807, 2.05) is 0 Å². The van der Waals surface area contributed by atoms with Gasteiger partial charge in [-0.3, -0.25) is 4.79 Å². The number of anilines is 1. The van der Waals surface area contributed by atoms with Crippen molar-refractivity contribution in [2.75, 3.05) is 11.9 Å². The summed E-state index contributed by atoms with van der Waals surface area (Å²) in [6.07, 6.45) is -2.60. The van der Waals surface area contributed by atoms with Gasteiger partial charge in [-0.2, -0.15) is 13.2 Å². The second kappa shape index (κ2) is 9.76. The predicted octanol–water partition coefficient (Wildman–Crippen LogP) is 5.15. The highest BCUT2D eigenvalue weighted by Crippen LogP contribution is 2.32. The van der Waals surface area contributed by atoms with Crippen LogP contribution in [0.15, 0.2) is 59.8 Å². The van der Waals surface area contributed by atoms with E-state index in [4.69, 9.17) is 4.74 Å². The molecule has 32 heavy (non-hydrogen) atoms. The van der Waals surface area contributed by atoms with Crippen LogP contribution in [-0.4, -0.2) is 18.5 Å². The van der Waals surface area contributed by atoms with Crippen LogP contribution in [0.4, 0.5) is 23.7 Å². The highest BCUT2D eigenvalue weighted by atomic mass is 19.4. The molecular formula is C23H24F3N3O3. The van der Waals surface area contributed by atoms with Crippen LogP contribution >= 0.6 is 0 Å². The first kappa shape index (κ1) is 23.2. The Morgan fingerprint density at radius 2 is 1.88 bits per heavy atom. The molecule has 3 amide bonds. The van der Waals surface area contributed by atoms with Gasteiger partial charge in [0.2, 0.25) is 0 Å². The highest BCUT2D eigenvalue weighted by Gasteiger charge is 2.33. The number of carbonyl (C=O) groups is 2. The number of halogens is 3. The summed E-state index contributed by atoms with van der Waals surface area (Å²) in [6.45, 7) is 4.21. The molecule has 0 bridgehead atoms. The molecule has 170 valence electrons. The van der Waals surface area contributed by atoms with Crippen molar-refractivity contribution in [2.24, 2.45) is 0 Å². The van der Waals surface area contributed by atoms with E-state index >= 15 is 0 Å². The number of unbranched alkanes of at least 4 members (excludes halogenated alkanes) is 1. The fraction of sp³-hybridized carbons (Fsp3) is 0.304. The first-order chi connectivity index (χ1) is 15.2. The first-order valence-electron chi connectivity index (χ1n) is 10.2. The van der Waals surface area contributed by atoms with Crippen molar-refractivity contribution in [3.63, 3.8) is 0 Å². The lowest BCUT2D eigenvalue weighted by Crippen LogP contribution is -2.45. The number of benzene rings is 2. The number of rotatable bonds is 7. The third-order valence-electron chi connectivity index (χ3n) is 4.94. The van der Waals surface area contributed by atoms with Crippen molar-refractivity contribution >= 4 is 17.6 Å². The van der Waals surface area contributed by atoms with Gasteiger partial charge >= 0.3 is 12.2 Å². The van der Waals surface area contributed by atoms with E-state index in [0.29, 0.717) is 23.6 Å². The van der Waals surface area contributed by atoms with Crippen LogP contribution in [0.3, 0.4) is 0 Å². The lowest BCUT2D eigenvalue weighted by atomic mass is 9.94. The second-order valence-corrected chi connectivity index (χ2v) is 7.37. The molecule has 0 radical (unpaired) electrons. The standard InChI is InChI=1S/C23H24F3N3O3/c1-3-4-12-32-18-10-8-15(9-11-18)20-19(14(2)27-22(31)29-20)21(30)28-17-7-5-6-16(13-17)23(24,25)26/h5-11,13,20H,3-4,12H2,1-2H3,(H,28,30)(H2,27,29,31)/t20-/m0/s1. The number of hydrogen-bond acceptors (Lipinski definition) is 3.